The fourth-order valence-corrected chi connectivity index (χ4v) is 5.07. The third kappa shape index (κ3) is 4.76. The molecule has 9 nitrogen and oxygen atoms in total. The number of hydrogen-bond acceptors (Lipinski definition) is 7. The van der Waals surface area contributed by atoms with Gasteiger partial charge in [0.1, 0.15) is 5.82 Å². The molecular formula is C27H23F4N7O2. The van der Waals surface area contributed by atoms with Gasteiger partial charge in [0.2, 0.25) is 5.89 Å². The maximum Gasteiger partial charge on any atom is 0.470 e. The number of halogens is 4. The van der Waals surface area contributed by atoms with E-state index in [0.717, 1.165) is 25.9 Å². The second-order valence-electron chi connectivity index (χ2n) is 9.78. The van der Waals surface area contributed by atoms with Crippen LogP contribution >= 0.6 is 0 Å². The van der Waals surface area contributed by atoms with Crippen LogP contribution in [0.5, 0.6) is 0 Å². The predicted molar refractivity (Wildman–Crippen MR) is 137 cm³/mol. The van der Waals surface area contributed by atoms with Crippen LogP contribution in [0.25, 0.3) is 33.6 Å². The van der Waals surface area contributed by atoms with E-state index in [1.165, 1.54) is 22.9 Å². The van der Waals surface area contributed by atoms with Crippen molar-refractivity contribution in [2.24, 2.45) is 0 Å². The second kappa shape index (κ2) is 9.97. The van der Waals surface area contributed by atoms with E-state index < -0.39 is 17.9 Å². The van der Waals surface area contributed by atoms with Crippen molar-refractivity contribution in [3.05, 3.63) is 82.9 Å². The number of nitrogens with zero attached hydrogens (tertiary/aromatic N) is 7. The zero-order valence-corrected chi connectivity index (χ0v) is 21.3. The quantitative estimate of drug-likeness (QED) is 0.289. The molecule has 0 saturated carbocycles. The monoisotopic (exact) mass is 553 g/mol. The number of fused-ring (bicyclic) bond motifs is 1. The topological polar surface area (TPSA) is 94.9 Å². The minimum atomic E-state index is -4.76. The minimum absolute atomic E-state index is 0.0287. The summed E-state index contributed by atoms with van der Waals surface area (Å²) in [7, 11) is 2.03. The van der Waals surface area contributed by atoms with Crippen molar-refractivity contribution >= 4 is 11.0 Å². The van der Waals surface area contributed by atoms with Gasteiger partial charge in [-0.05, 0) is 68.9 Å². The molecule has 1 fully saturated rings. The van der Waals surface area contributed by atoms with E-state index in [1.54, 1.807) is 41.2 Å². The summed E-state index contributed by atoms with van der Waals surface area (Å²) in [6, 6.07) is 9.49. The van der Waals surface area contributed by atoms with Gasteiger partial charge in [-0.25, -0.2) is 9.18 Å². The Hall–Kier alpha value is -4.39. The molecule has 0 spiro atoms. The van der Waals surface area contributed by atoms with Crippen LogP contribution in [0.15, 0.2) is 64.2 Å². The number of rotatable bonds is 5. The highest BCUT2D eigenvalue weighted by molar-refractivity contribution is 5.83. The Morgan fingerprint density at radius 1 is 1.00 bits per heavy atom. The Morgan fingerprint density at radius 2 is 1.75 bits per heavy atom. The predicted octanol–water partition coefficient (Wildman–Crippen LogP) is 4.78. The molecule has 1 aromatic carbocycles. The lowest BCUT2D eigenvalue weighted by atomic mass is 10.0. The Labute approximate surface area is 224 Å². The summed E-state index contributed by atoms with van der Waals surface area (Å²) >= 11 is 0. The van der Waals surface area contributed by atoms with Crippen molar-refractivity contribution in [2.45, 2.75) is 31.6 Å². The van der Waals surface area contributed by atoms with Crippen LogP contribution in [0.3, 0.4) is 0 Å². The largest absolute Gasteiger partial charge is 0.470 e. The van der Waals surface area contributed by atoms with E-state index in [4.69, 9.17) is 4.42 Å². The zero-order chi connectivity index (χ0) is 28.0. The molecule has 40 heavy (non-hydrogen) atoms. The summed E-state index contributed by atoms with van der Waals surface area (Å²) in [6.07, 6.45) is 1.26. The normalized spacial score (nSPS) is 15.2. The Bertz CT molecular complexity index is 1720. The first kappa shape index (κ1) is 25.9. The lowest BCUT2D eigenvalue weighted by Crippen LogP contribution is -2.36. The molecule has 0 bridgehead atoms. The Kier molecular flexibility index (Phi) is 6.45. The lowest BCUT2D eigenvalue weighted by Gasteiger charge is -2.29. The summed E-state index contributed by atoms with van der Waals surface area (Å²) in [5.74, 6) is -2.26. The molecule has 6 rings (SSSR count). The number of likely N-dealkylation sites (tertiary alicyclic amines) is 1. The number of pyridine rings is 2. The molecule has 206 valence electrons. The molecule has 0 atom stereocenters. The first-order valence-corrected chi connectivity index (χ1v) is 12.6. The van der Waals surface area contributed by atoms with Crippen LogP contribution in [-0.2, 0) is 12.7 Å². The highest BCUT2D eigenvalue weighted by Crippen LogP contribution is 2.32. The fraction of sp³-hybridized carbons (Fsp3) is 0.296. The lowest BCUT2D eigenvalue weighted by molar-refractivity contribution is -0.156. The summed E-state index contributed by atoms with van der Waals surface area (Å²) in [4.78, 5) is 24.3. The third-order valence-corrected chi connectivity index (χ3v) is 7.16. The van der Waals surface area contributed by atoms with Gasteiger partial charge in [-0.2, -0.15) is 13.2 Å². The smallest absolute Gasteiger partial charge is 0.413 e. The van der Waals surface area contributed by atoms with Gasteiger partial charge >= 0.3 is 17.8 Å². The average Bonchev–Trinajstić information content (AvgIpc) is 3.54. The van der Waals surface area contributed by atoms with Gasteiger partial charge in [-0.15, -0.1) is 10.2 Å². The maximum atomic E-state index is 15.4. The molecule has 0 amide bonds. The molecule has 0 N–H and O–H groups in total. The third-order valence-electron chi connectivity index (χ3n) is 7.16. The number of alkyl halides is 3. The first-order valence-electron chi connectivity index (χ1n) is 12.6. The minimum Gasteiger partial charge on any atom is -0.413 e. The highest BCUT2D eigenvalue weighted by Gasteiger charge is 2.38. The van der Waals surface area contributed by atoms with Gasteiger partial charge in [0, 0.05) is 36.3 Å². The van der Waals surface area contributed by atoms with E-state index in [-0.39, 0.29) is 29.7 Å². The van der Waals surface area contributed by atoms with Gasteiger partial charge in [-0.3, -0.25) is 19.1 Å². The Balaban J connectivity index is 1.40. The summed E-state index contributed by atoms with van der Waals surface area (Å²) in [5.41, 5.74) is 2.43. The van der Waals surface area contributed by atoms with Gasteiger partial charge < -0.3 is 9.32 Å². The summed E-state index contributed by atoms with van der Waals surface area (Å²) in [5, 5.41) is 6.47. The number of piperidine rings is 1. The fourth-order valence-electron chi connectivity index (χ4n) is 5.07. The van der Waals surface area contributed by atoms with Gasteiger partial charge in [0.05, 0.1) is 28.8 Å². The van der Waals surface area contributed by atoms with E-state index in [9.17, 15) is 18.0 Å². The molecule has 1 saturated heterocycles. The van der Waals surface area contributed by atoms with Crippen LogP contribution in [0.1, 0.15) is 30.5 Å². The average molecular weight is 554 g/mol. The first-order chi connectivity index (χ1) is 19.2. The number of aromatic nitrogens is 6. The molecular weight excluding hydrogens is 530 g/mol. The van der Waals surface area contributed by atoms with E-state index in [0.29, 0.717) is 27.9 Å². The molecule has 0 aliphatic carbocycles. The van der Waals surface area contributed by atoms with Gasteiger partial charge in [-0.1, -0.05) is 0 Å². The van der Waals surface area contributed by atoms with Gasteiger partial charge in [0.15, 0.2) is 0 Å². The van der Waals surface area contributed by atoms with E-state index >= 15 is 4.39 Å². The molecule has 5 aromatic rings. The number of hydrogen-bond donors (Lipinski definition) is 0. The molecule has 0 unspecified atom stereocenters. The highest BCUT2D eigenvalue weighted by atomic mass is 19.4. The number of imidazole rings is 1. The molecule has 4 aromatic heterocycles. The number of benzene rings is 1. The molecule has 13 heteroatoms. The van der Waals surface area contributed by atoms with E-state index in [2.05, 4.69) is 25.1 Å². The molecule has 1 aliphatic rings. The second-order valence-corrected chi connectivity index (χ2v) is 9.78. The summed E-state index contributed by atoms with van der Waals surface area (Å²) < 4.78 is 61.8. The van der Waals surface area contributed by atoms with Gasteiger partial charge in [0.25, 0.3) is 0 Å². The van der Waals surface area contributed by atoms with Crippen molar-refractivity contribution in [3.63, 3.8) is 0 Å². The summed E-state index contributed by atoms with van der Waals surface area (Å²) in [6.45, 7) is 1.69. The van der Waals surface area contributed by atoms with Crippen LogP contribution < -0.4 is 5.69 Å². The van der Waals surface area contributed by atoms with Crippen molar-refractivity contribution in [1.82, 2.24) is 34.2 Å². The SMILES string of the molecule is CN1CCC(n2c(=O)n(Cc3ccc(-c4nnc(C(F)(F)F)o4)cn3)c3cc(F)c(-c4ccncc4)cc32)CC1. The van der Waals surface area contributed by atoms with Crippen LogP contribution in [0.2, 0.25) is 0 Å². The Morgan fingerprint density at radius 3 is 2.40 bits per heavy atom. The van der Waals surface area contributed by atoms with Crippen LogP contribution in [-0.4, -0.2) is 54.3 Å². The molecule has 1 aliphatic heterocycles. The standard InChI is InChI=1S/C27H23F4N7O2/c1-36-10-6-19(7-11-36)38-23-12-20(16-4-8-32-9-5-16)21(28)13-22(23)37(26(38)39)15-18-3-2-17(14-33-18)24-34-35-25(40-24)27(29,30)31/h2-5,8-9,12-14,19H,6-7,10-11,15H2,1H3. The van der Waals surface area contributed by atoms with Crippen molar-refractivity contribution in [2.75, 3.05) is 20.1 Å². The maximum absolute atomic E-state index is 15.4. The molecule has 5 heterocycles. The zero-order valence-electron chi connectivity index (χ0n) is 21.3. The van der Waals surface area contributed by atoms with Crippen molar-refractivity contribution < 1.29 is 22.0 Å². The molecule has 0 radical (unpaired) electrons. The van der Waals surface area contributed by atoms with Crippen molar-refractivity contribution in [3.8, 4) is 22.6 Å². The van der Waals surface area contributed by atoms with Crippen molar-refractivity contribution in [1.29, 1.82) is 0 Å². The van der Waals surface area contributed by atoms with E-state index in [1.807, 2.05) is 7.05 Å². The van der Waals surface area contributed by atoms with Crippen LogP contribution in [0, 0.1) is 5.82 Å². The van der Waals surface area contributed by atoms with Crippen LogP contribution in [0.4, 0.5) is 17.6 Å².